The molecule has 0 aromatic heterocycles. The second-order valence-electron chi connectivity index (χ2n) is 11.9. The lowest BCUT2D eigenvalue weighted by atomic mass is 9.64. The second kappa shape index (κ2) is 11.5. The SMILES string of the molecule is Cc1ccc(S(=O)(=O)NC2CCCCC2)c(C(=O)[C@H](C)[C@H]2NC(=O)[C@H]2[C@@H](CO[Si](C)C)C(C)(C)C)c1. The third-order valence-corrected chi connectivity index (χ3v) is 9.99. The summed E-state index contributed by atoms with van der Waals surface area (Å²) in [5.74, 6) is -1.33. The van der Waals surface area contributed by atoms with Crippen molar-refractivity contribution < 1.29 is 22.4 Å². The Bertz CT molecular complexity index is 1060. The van der Waals surface area contributed by atoms with Crippen molar-refractivity contribution in [1.82, 2.24) is 10.0 Å². The van der Waals surface area contributed by atoms with Gasteiger partial charge in [-0.1, -0.05) is 58.6 Å². The van der Waals surface area contributed by atoms with E-state index in [9.17, 15) is 18.0 Å². The molecule has 1 aliphatic carbocycles. The monoisotopic (exact) mass is 535 g/mol. The van der Waals surface area contributed by atoms with Crippen molar-refractivity contribution in [2.75, 3.05) is 6.61 Å². The summed E-state index contributed by atoms with van der Waals surface area (Å²) in [6.45, 7) is 14.5. The number of hydrogen-bond acceptors (Lipinski definition) is 5. The average Bonchev–Trinajstić information content (AvgIpc) is 2.78. The van der Waals surface area contributed by atoms with Crippen LogP contribution < -0.4 is 10.0 Å². The molecule has 0 bridgehead atoms. The number of carbonyl (C=O) groups is 2. The molecular weight excluding hydrogens is 492 g/mol. The molecule has 1 amide bonds. The maximum atomic E-state index is 13.8. The van der Waals surface area contributed by atoms with Gasteiger partial charge in [0.25, 0.3) is 0 Å². The van der Waals surface area contributed by atoms with E-state index in [1.165, 1.54) is 6.07 Å². The molecule has 3 rings (SSSR count). The molecule has 0 unspecified atom stereocenters. The fourth-order valence-corrected chi connectivity index (χ4v) is 7.43. The predicted octanol–water partition coefficient (Wildman–Crippen LogP) is 4.47. The van der Waals surface area contributed by atoms with E-state index in [0.717, 1.165) is 37.7 Å². The summed E-state index contributed by atoms with van der Waals surface area (Å²) in [5.41, 5.74) is 0.822. The summed E-state index contributed by atoms with van der Waals surface area (Å²) in [4.78, 5) is 26.6. The molecule has 4 atom stereocenters. The minimum atomic E-state index is -3.86. The first kappa shape index (κ1) is 29.0. The minimum absolute atomic E-state index is 0.0256. The zero-order valence-corrected chi connectivity index (χ0v) is 24.6. The van der Waals surface area contributed by atoms with Crippen LogP contribution in [0.2, 0.25) is 13.1 Å². The quantitative estimate of drug-likeness (QED) is 0.262. The predicted molar refractivity (Wildman–Crippen MR) is 144 cm³/mol. The summed E-state index contributed by atoms with van der Waals surface area (Å²) in [6, 6.07) is 4.46. The van der Waals surface area contributed by atoms with Crippen LogP contribution in [0.4, 0.5) is 0 Å². The van der Waals surface area contributed by atoms with Gasteiger partial charge >= 0.3 is 0 Å². The van der Waals surface area contributed by atoms with Crippen LogP contribution in [-0.4, -0.2) is 47.8 Å². The van der Waals surface area contributed by atoms with E-state index in [-0.39, 0.29) is 51.5 Å². The van der Waals surface area contributed by atoms with Gasteiger partial charge in [0.1, 0.15) is 0 Å². The first-order valence-electron chi connectivity index (χ1n) is 13.1. The molecule has 2 aliphatic rings. The van der Waals surface area contributed by atoms with E-state index < -0.39 is 25.0 Å². The Labute approximate surface area is 218 Å². The molecule has 2 N–H and O–H groups in total. The lowest BCUT2D eigenvalue weighted by Gasteiger charge is -2.48. The molecule has 36 heavy (non-hydrogen) atoms. The largest absolute Gasteiger partial charge is 0.417 e. The summed E-state index contributed by atoms with van der Waals surface area (Å²) in [7, 11) is -4.79. The maximum absolute atomic E-state index is 13.8. The number of rotatable bonds is 10. The Morgan fingerprint density at radius 2 is 1.83 bits per heavy atom. The number of β-lactam (4-membered cyclic amide) rings is 1. The Balaban J connectivity index is 1.88. The average molecular weight is 536 g/mol. The number of amides is 1. The van der Waals surface area contributed by atoms with E-state index in [1.807, 2.05) is 6.92 Å². The molecule has 7 nitrogen and oxygen atoms in total. The lowest BCUT2D eigenvalue weighted by Crippen LogP contribution is -2.66. The zero-order valence-electron chi connectivity index (χ0n) is 22.8. The van der Waals surface area contributed by atoms with E-state index in [2.05, 4.69) is 43.9 Å². The topological polar surface area (TPSA) is 102 Å². The highest BCUT2D eigenvalue weighted by atomic mass is 32.2. The van der Waals surface area contributed by atoms with Gasteiger partial charge in [0.2, 0.25) is 25.0 Å². The van der Waals surface area contributed by atoms with Gasteiger partial charge in [-0.3, -0.25) is 9.59 Å². The van der Waals surface area contributed by atoms with Gasteiger partial charge in [0, 0.05) is 24.1 Å². The molecule has 0 spiro atoms. The molecule has 1 saturated carbocycles. The van der Waals surface area contributed by atoms with Gasteiger partial charge in [-0.05, 0) is 56.3 Å². The number of aryl methyl sites for hydroxylation is 1. The molecular formula is C27H43N2O5SSi. The standard InChI is InChI=1S/C27H43N2O5SSi/c1-17-13-14-22(35(32,33)29-19-11-9-8-10-12-19)20(15-17)25(30)18(2)24-23(26(31)28-24)21(27(3,4)5)16-34-36(6)7/h13-15,18-19,21,23-24,29H,8-12,16H2,1-7H3,(H,28,31)/t18-,21-,23+,24-/m1/s1. The summed E-state index contributed by atoms with van der Waals surface area (Å²) >= 11 is 0. The van der Waals surface area contributed by atoms with E-state index in [1.54, 1.807) is 19.1 Å². The number of benzene rings is 1. The first-order valence-corrected chi connectivity index (χ1v) is 17.0. The van der Waals surface area contributed by atoms with Gasteiger partial charge < -0.3 is 9.74 Å². The number of hydrogen-bond donors (Lipinski definition) is 2. The molecule has 1 aliphatic heterocycles. The first-order chi connectivity index (χ1) is 16.7. The van der Waals surface area contributed by atoms with Crippen molar-refractivity contribution in [3.8, 4) is 0 Å². The van der Waals surface area contributed by atoms with Crippen LogP contribution in [0.1, 0.15) is 75.7 Å². The van der Waals surface area contributed by atoms with Gasteiger partial charge in [0.15, 0.2) is 5.78 Å². The lowest BCUT2D eigenvalue weighted by molar-refractivity contribution is -0.143. The Hall–Kier alpha value is -1.55. The van der Waals surface area contributed by atoms with Crippen LogP contribution in [0.5, 0.6) is 0 Å². The van der Waals surface area contributed by atoms with Crippen molar-refractivity contribution in [2.45, 2.75) is 96.8 Å². The van der Waals surface area contributed by atoms with E-state index in [4.69, 9.17) is 4.43 Å². The van der Waals surface area contributed by atoms with Crippen LogP contribution in [0.3, 0.4) is 0 Å². The van der Waals surface area contributed by atoms with Crippen molar-refractivity contribution in [1.29, 1.82) is 0 Å². The van der Waals surface area contributed by atoms with Crippen molar-refractivity contribution in [2.24, 2.45) is 23.2 Å². The molecule has 1 heterocycles. The molecule has 1 aromatic carbocycles. The molecule has 201 valence electrons. The maximum Gasteiger partial charge on any atom is 0.241 e. The summed E-state index contributed by atoms with van der Waals surface area (Å²) in [5, 5.41) is 2.95. The van der Waals surface area contributed by atoms with Gasteiger partial charge in [-0.25, -0.2) is 13.1 Å². The summed E-state index contributed by atoms with van der Waals surface area (Å²) < 4.78 is 35.6. The number of Topliss-reactive ketones (excluding diaryl/α,β-unsaturated/α-hetero) is 1. The number of sulfonamides is 1. The zero-order chi connectivity index (χ0) is 26.8. The molecule has 9 heteroatoms. The van der Waals surface area contributed by atoms with E-state index >= 15 is 0 Å². The van der Waals surface area contributed by atoms with Crippen molar-refractivity contribution in [3.63, 3.8) is 0 Å². The third-order valence-electron chi connectivity index (χ3n) is 7.67. The second-order valence-corrected chi connectivity index (χ2v) is 15.6. The Morgan fingerprint density at radius 3 is 2.39 bits per heavy atom. The highest BCUT2D eigenvalue weighted by Crippen LogP contribution is 2.41. The van der Waals surface area contributed by atoms with Gasteiger partial charge in [0.05, 0.1) is 16.9 Å². The molecule has 1 radical (unpaired) electrons. The molecule has 1 aromatic rings. The Morgan fingerprint density at radius 1 is 1.19 bits per heavy atom. The fraction of sp³-hybridized carbons (Fsp3) is 0.704. The van der Waals surface area contributed by atoms with Crippen LogP contribution in [-0.2, 0) is 19.2 Å². The number of nitrogens with one attached hydrogen (secondary N) is 2. The van der Waals surface area contributed by atoms with Crippen LogP contribution >= 0.6 is 0 Å². The number of ketones is 1. The third kappa shape index (κ3) is 6.65. The van der Waals surface area contributed by atoms with Crippen LogP contribution in [0.25, 0.3) is 0 Å². The van der Waals surface area contributed by atoms with Crippen molar-refractivity contribution in [3.05, 3.63) is 29.3 Å². The molecule has 2 fully saturated rings. The van der Waals surface area contributed by atoms with Crippen LogP contribution in [0.15, 0.2) is 23.1 Å². The minimum Gasteiger partial charge on any atom is -0.417 e. The highest BCUT2D eigenvalue weighted by molar-refractivity contribution is 7.89. The molecule has 1 saturated heterocycles. The number of carbonyl (C=O) groups excluding carboxylic acids is 2. The van der Waals surface area contributed by atoms with Gasteiger partial charge in [-0.15, -0.1) is 0 Å². The highest BCUT2D eigenvalue weighted by Gasteiger charge is 2.52. The van der Waals surface area contributed by atoms with Crippen LogP contribution in [0, 0.1) is 30.1 Å². The normalized spacial score (nSPS) is 23.2. The van der Waals surface area contributed by atoms with Crippen molar-refractivity contribution >= 4 is 30.8 Å². The summed E-state index contributed by atoms with van der Waals surface area (Å²) in [6.07, 6.45) is 4.76. The van der Waals surface area contributed by atoms with Gasteiger partial charge in [-0.2, -0.15) is 0 Å². The Kier molecular flexibility index (Phi) is 9.23. The smallest absolute Gasteiger partial charge is 0.241 e. The van der Waals surface area contributed by atoms with E-state index in [0.29, 0.717) is 6.61 Å². The fourth-order valence-electron chi connectivity index (χ4n) is 5.42.